The minimum Gasteiger partial charge on any atom is -0.314 e. The van der Waals surface area contributed by atoms with E-state index in [9.17, 15) is 4.39 Å². The summed E-state index contributed by atoms with van der Waals surface area (Å²) < 4.78 is 13.2. The van der Waals surface area contributed by atoms with Crippen molar-refractivity contribution < 1.29 is 4.39 Å². The first-order valence-electron chi connectivity index (χ1n) is 7.89. The van der Waals surface area contributed by atoms with Gasteiger partial charge in [-0.25, -0.2) is 4.39 Å². The van der Waals surface area contributed by atoms with Crippen molar-refractivity contribution in [3.63, 3.8) is 0 Å². The summed E-state index contributed by atoms with van der Waals surface area (Å²) in [7, 11) is 0. The van der Waals surface area contributed by atoms with Crippen LogP contribution in [0.3, 0.4) is 0 Å². The highest BCUT2D eigenvalue weighted by Gasteiger charge is 2.24. The van der Waals surface area contributed by atoms with Crippen LogP contribution >= 0.6 is 0 Å². The zero-order valence-electron chi connectivity index (χ0n) is 12.7. The molecule has 1 aliphatic rings. The Morgan fingerprint density at radius 2 is 2.30 bits per heavy atom. The summed E-state index contributed by atoms with van der Waals surface area (Å²) in [6.07, 6.45) is 3.74. The average Bonchev–Trinajstić information content (AvgIpc) is 2.45. The van der Waals surface area contributed by atoms with Crippen molar-refractivity contribution in [2.24, 2.45) is 5.92 Å². The summed E-state index contributed by atoms with van der Waals surface area (Å²) in [5, 5.41) is 3.61. The van der Waals surface area contributed by atoms with Crippen LogP contribution in [0.15, 0.2) is 24.3 Å². The molecule has 2 nitrogen and oxygen atoms in total. The van der Waals surface area contributed by atoms with Gasteiger partial charge in [-0.1, -0.05) is 19.1 Å². The van der Waals surface area contributed by atoms with Crippen LogP contribution < -0.4 is 5.32 Å². The van der Waals surface area contributed by atoms with E-state index in [1.54, 1.807) is 12.1 Å². The number of benzene rings is 1. The van der Waals surface area contributed by atoms with E-state index in [1.165, 1.54) is 25.3 Å². The Bertz CT molecular complexity index is 408. The summed E-state index contributed by atoms with van der Waals surface area (Å²) in [6.45, 7) is 8.72. The van der Waals surface area contributed by atoms with Gasteiger partial charge in [0.25, 0.3) is 0 Å². The molecule has 20 heavy (non-hydrogen) atoms. The molecule has 1 N–H and O–H groups in total. The van der Waals surface area contributed by atoms with Gasteiger partial charge in [0.05, 0.1) is 0 Å². The van der Waals surface area contributed by atoms with Gasteiger partial charge in [0.2, 0.25) is 0 Å². The molecule has 1 saturated heterocycles. The number of hydrogen-bond acceptors (Lipinski definition) is 2. The third-order valence-electron chi connectivity index (χ3n) is 4.26. The molecule has 2 unspecified atom stereocenters. The summed E-state index contributed by atoms with van der Waals surface area (Å²) in [5.74, 6) is 0.581. The van der Waals surface area contributed by atoms with Gasteiger partial charge in [-0.3, -0.25) is 4.90 Å². The van der Waals surface area contributed by atoms with E-state index in [4.69, 9.17) is 0 Å². The van der Waals surface area contributed by atoms with E-state index in [1.807, 2.05) is 6.07 Å². The Labute approximate surface area is 122 Å². The molecule has 0 amide bonds. The molecule has 1 aromatic rings. The maximum Gasteiger partial charge on any atom is 0.123 e. The smallest absolute Gasteiger partial charge is 0.123 e. The Morgan fingerprint density at radius 1 is 1.45 bits per heavy atom. The van der Waals surface area contributed by atoms with Crippen LogP contribution in [-0.2, 0) is 6.54 Å². The molecule has 2 atom stereocenters. The van der Waals surface area contributed by atoms with Gasteiger partial charge in [0.1, 0.15) is 5.82 Å². The Morgan fingerprint density at radius 3 is 3.05 bits per heavy atom. The number of hydrogen-bond donors (Lipinski definition) is 1. The summed E-state index contributed by atoms with van der Waals surface area (Å²) in [4.78, 5) is 2.47. The monoisotopic (exact) mass is 278 g/mol. The minimum atomic E-state index is -0.131. The maximum atomic E-state index is 13.2. The summed E-state index contributed by atoms with van der Waals surface area (Å²) in [6, 6.07) is 7.56. The molecule has 1 heterocycles. The van der Waals surface area contributed by atoms with Crippen molar-refractivity contribution in [1.29, 1.82) is 0 Å². The van der Waals surface area contributed by atoms with Gasteiger partial charge < -0.3 is 5.32 Å². The molecule has 0 aliphatic carbocycles. The predicted octanol–water partition coefficient (Wildman–Crippen LogP) is 3.43. The minimum absolute atomic E-state index is 0.131. The number of nitrogens with zero attached hydrogens (tertiary/aromatic N) is 1. The average molecular weight is 278 g/mol. The van der Waals surface area contributed by atoms with E-state index < -0.39 is 0 Å². The zero-order chi connectivity index (χ0) is 14.4. The lowest BCUT2D eigenvalue weighted by Crippen LogP contribution is -2.44. The van der Waals surface area contributed by atoms with Gasteiger partial charge in [-0.15, -0.1) is 0 Å². The molecular formula is C17H27FN2. The normalized spacial score (nSPS) is 21.9. The van der Waals surface area contributed by atoms with Gasteiger partial charge in [-0.05, 0) is 62.9 Å². The van der Waals surface area contributed by atoms with Gasteiger partial charge in [0.15, 0.2) is 0 Å². The lowest BCUT2D eigenvalue weighted by atomic mass is 9.91. The molecule has 0 saturated carbocycles. The predicted molar refractivity (Wildman–Crippen MR) is 82.2 cm³/mol. The number of rotatable bonds is 6. The molecule has 1 aliphatic heterocycles. The van der Waals surface area contributed by atoms with E-state index in [2.05, 4.69) is 24.1 Å². The molecule has 0 aromatic heterocycles. The van der Waals surface area contributed by atoms with Crippen molar-refractivity contribution in [2.75, 3.05) is 19.6 Å². The lowest BCUT2D eigenvalue weighted by molar-refractivity contribution is 0.144. The number of nitrogens with one attached hydrogen (secondary N) is 1. The van der Waals surface area contributed by atoms with Crippen molar-refractivity contribution in [1.82, 2.24) is 10.2 Å². The van der Waals surface area contributed by atoms with Crippen molar-refractivity contribution >= 4 is 0 Å². The highest BCUT2D eigenvalue weighted by Crippen LogP contribution is 2.21. The Kier molecular flexibility index (Phi) is 5.99. The standard InChI is InChI=1S/C17H27FN2/c1-3-9-19-14(2)16-7-5-10-20(13-16)12-15-6-4-8-17(18)11-15/h4,6,8,11,14,16,19H,3,5,7,9-10,12-13H2,1-2H3. The van der Waals surface area contributed by atoms with Crippen LogP contribution in [0.4, 0.5) is 4.39 Å². The second-order valence-corrected chi connectivity index (χ2v) is 6.01. The first-order chi connectivity index (χ1) is 9.69. The molecule has 0 bridgehead atoms. The van der Waals surface area contributed by atoms with Crippen LogP contribution in [0.2, 0.25) is 0 Å². The van der Waals surface area contributed by atoms with Gasteiger partial charge in [-0.2, -0.15) is 0 Å². The molecule has 3 heteroatoms. The van der Waals surface area contributed by atoms with Crippen molar-refractivity contribution in [3.05, 3.63) is 35.6 Å². The third-order valence-corrected chi connectivity index (χ3v) is 4.26. The Balaban J connectivity index is 1.87. The zero-order valence-corrected chi connectivity index (χ0v) is 12.7. The van der Waals surface area contributed by atoms with E-state index in [-0.39, 0.29) is 5.82 Å². The molecular weight excluding hydrogens is 251 g/mol. The second kappa shape index (κ2) is 7.75. The Hall–Kier alpha value is -0.930. The van der Waals surface area contributed by atoms with Crippen molar-refractivity contribution in [3.8, 4) is 0 Å². The quantitative estimate of drug-likeness (QED) is 0.857. The van der Waals surface area contributed by atoms with Crippen molar-refractivity contribution in [2.45, 2.75) is 45.7 Å². The van der Waals surface area contributed by atoms with E-state index in [0.717, 1.165) is 31.7 Å². The fourth-order valence-corrected chi connectivity index (χ4v) is 3.08. The topological polar surface area (TPSA) is 15.3 Å². The van der Waals surface area contributed by atoms with Crippen LogP contribution in [0.1, 0.15) is 38.7 Å². The maximum absolute atomic E-state index is 13.2. The lowest BCUT2D eigenvalue weighted by Gasteiger charge is -2.36. The van der Waals surface area contributed by atoms with E-state index in [0.29, 0.717) is 12.0 Å². The number of piperidine rings is 1. The first-order valence-corrected chi connectivity index (χ1v) is 7.89. The summed E-state index contributed by atoms with van der Waals surface area (Å²) >= 11 is 0. The highest BCUT2D eigenvalue weighted by atomic mass is 19.1. The fraction of sp³-hybridized carbons (Fsp3) is 0.647. The first kappa shape index (κ1) is 15.5. The molecule has 1 aromatic carbocycles. The van der Waals surface area contributed by atoms with Crippen LogP contribution in [0.25, 0.3) is 0 Å². The molecule has 0 radical (unpaired) electrons. The SMILES string of the molecule is CCCNC(C)C1CCCN(Cc2cccc(F)c2)C1. The van der Waals surface area contributed by atoms with Crippen LogP contribution in [0.5, 0.6) is 0 Å². The molecule has 0 spiro atoms. The van der Waals surface area contributed by atoms with Gasteiger partial charge >= 0.3 is 0 Å². The molecule has 1 fully saturated rings. The van der Waals surface area contributed by atoms with E-state index >= 15 is 0 Å². The van der Waals surface area contributed by atoms with Crippen LogP contribution in [-0.4, -0.2) is 30.6 Å². The van der Waals surface area contributed by atoms with Crippen LogP contribution in [0, 0.1) is 11.7 Å². The second-order valence-electron chi connectivity index (χ2n) is 6.01. The number of halogens is 1. The summed E-state index contributed by atoms with van der Waals surface area (Å²) in [5.41, 5.74) is 1.08. The fourth-order valence-electron chi connectivity index (χ4n) is 3.08. The largest absolute Gasteiger partial charge is 0.314 e. The van der Waals surface area contributed by atoms with Gasteiger partial charge in [0, 0.05) is 19.1 Å². The number of likely N-dealkylation sites (tertiary alicyclic amines) is 1. The molecule has 112 valence electrons. The third kappa shape index (κ3) is 4.57. The highest BCUT2D eigenvalue weighted by molar-refractivity contribution is 5.16. The molecule has 2 rings (SSSR count).